The molecule has 0 fully saturated rings. The molecular formula is C15H11ClFN3. The maximum atomic E-state index is 13.9. The highest BCUT2D eigenvalue weighted by Gasteiger charge is 2.15. The fourth-order valence-corrected chi connectivity index (χ4v) is 2.30. The van der Waals surface area contributed by atoms with Gasteiger partial charge in [0.1, 0.15) is 11.6 Å². The maximum absolute atomic E-state index is 13.9. The number of anilines is 1. The van der Waals surface area contributed by atoms with Crippen LogP contribution in [0.5, 0.6) is 0 Å². The minimum atomic E-state index is -0.421. The smallest absolute Gasteiger partial charge is 0.134 e. The fraction of sp³-hybridized carbons (Fsp3) is 0. The second kappa shape index (κ2) is 4.98. The van der Waals surface area contributed by atoms with Gasteiger partial charge in [0.25, 0.3) is 0 Å². The molecule has 0 aliphatic carbocycles. The molecule has 3 nitrogen and oxygen atoms in total. The second-order valence-electron chi connectivity index (χ2n) is 4.30. The Kier molecular flexibility index (Phi) is 3.16. The highest BCUT2D eigenvalue weighted by atomic mass is 35.5. The Morgan fingerprint density at radius 2 is 1.80 bits per heavy atom. The van der Waals surface area contributed by atoms with Gasteiger partial charge >= 0.3 is 0 Å². The van der Waals surface area contributed by atoms with Crippen LogP contribution in [-0.2, 0) is 0 Å². The summed E-state index contributed by atoms with van der Waals surface area (Å²) < 4.78 is 15.5. The summed E-state index contributed by atoms with van der Waals surface area (Å²) in [4.78, 5) is 0. The molecule has 0 saturated heterocycles. The number of hydrogen-bond donors (Lipinski definition) is 1. The summed E-state index contributed by atoms with van der Waals surface area (Å²) in [6, 6.07) is 15.5. The largest absolute Gasteiger partial charge is 0.384 e. The van der Waals surface area contributed by atoms with Crippen LogP contribution in [0.1, 0.15) is 0 Å². The Morgan fingerprint density at radius 3 is 2.50 bits per heavy atom. The monoisotopic (exact) mass is 287 g/mol. The molecular weight excluding hydrogens is 277 g/mol. The molecule has 0 aliphatic rings. The van der Waals surface area contributed by atoms with Gasteiger partial charge in [0.05, 0.1) is 22.0 Å². The zero-order valence-corrected chi connectivity index (χ0v) is 11.2. The minimum Gasteiger partial charge on any atom is -0.384 e. The van der Waals surface area contributed by atoms with E-state index >= 15 is 0 Å². The van der Waals surface area contributed by atoms with Crippen LogP contribution in [0.15, 0.2) is 54.6 Å². The van der Waals surface area contributed by atoms with Gasteiger partial charge in [0.15, 0.2) is 0 Å². The third-order valence-electron chi connectivity index (χ3n) is 2.96. The van der Waals surface area contributed by atoms with Crippen LogP contribution in [0, 0.1) is 5.82 Å². The van der Waals surface area contributed by atoms with Crippen LogP contribution in [0.2, 0.25) is 5.02 Å². The summed E-state index contributed by atoms with van der Waals surface area (Å²) in [7, 11) is 0. The van der Waals surface area contributed by atoms with E-state index in [4.69, 9.17) is 17.3 Å². The molecule has 0 saturated carbocycles. The van der Waals surface area contributed by atoms with Crippen molar-refractivity contribution in [3.8, 4) is 16.9 Å². The average molecular weight is 288 g/mol. The lowest BCUT2D eigenvalue weighted by Gasteiger charge is -2.03. The van der Waals surface area contributed by atoms with E-state index < -0.39 is 5.82 Å². The number of benzene rings is 2. The summed E-state index contributed by atoms with van der Waals surface area (Å²) in [6.07, 6.45) is 0. The molecule has 0 atom stereocenters. The molecule has 2 N–H and O–H groups in total. The van der Waals surface area contributed by atoms with Gasteiger partial charge in [-0.05, 0) is 24.3 Å². The summed E-state index contributed by atoms with van der Waals surface area (Å²) in [5, 5.41) is 4.65. The predicted octanol–water partition coefficient (Wildman–Crippen LogP) is 3.91. The molecule has 3 rings (SSSR count). The Morgan fingerprint density at radius 1 is 1.05 bits per heavy atom. The van der Waals surface area contributed by atoms with E-state index in [0.717, 1.165) is 5.69 Å². The zero-order chi connectivity index (χ0) is 14.1. The third-order valence-corrected chi connectivity index (χ3v) is 3.27. The molecule has 1 heterocycles. The molecule has 0 aliphatic heterocycles. The van der Waals surface area contributed by atoms with Gasteiger partial charge < -0.3 is 5.73 Å². The lowest BCUT2D eigenvalue weighted by atomic mass is 10.1. The van der Waals surface area contributed by atoms with Gasteiger partial charge in [0.2, 0.25) is 0 Å². The number of nitrogen functional groups attached to an aromatic ring is 1. The molecule has 0 spiro atoms. The summed E-state index contributed by atoms with van der Waals surface area (Å²) in [5.41, 5.74) is 7.43. The van der Waals surface area contributed by atoms with Gasteiger partial charge in [0, 0.05) is 6.07 Å². The van der Waals surface area contributed by atoms with Gasteiger partial charge in [-0.2, -0.15) is 5.10 Å². The number of hydrogen-bond acceptors (Lipinski definition) is 2. The van der Waals surface area contributed by atoms with E-state index in [0.29, 0.717) is 16.5 Å². The SMILES string of the molecule is Nc1cc(-c2c(F)cccc2Cl)nn1-c1ccccc1. The van der Waals surface area contributed by atoms with E-state index in [1.54, 1.807) is 22.9 Å². The molecule has 0 bridgehead atoms. The molecule has 100 valence electrons. The van der Waals surface area contributed by atoms with Crippen molar-refractivity contribution >= 4 is 17.4 Å². The molecule has 0 radical (unpaired) electrons. The number of para-hydroxylation sites is 1. The first kappa shape index (κ1) is 12.7. The molecule has 5 heteroatoms. The van der Waals surface area contributed by atoms with Crippen molar-refractivity contribution in [1.82, 2.24) is 9.78 Å². The van der Waals surface area contributed by atoms with Crippen LogP contribution in [0.4, 0.5) is 10.2 Å². The average Bonchev–Trinajstić information content (AvgIpc) is 2.81. The van der Waals surface area contributed by atoms with Crippen molar-refractivity contribution in [1.29, 1.82) is 0 Å². The van der Waals surface area contributed by atoms with Gasteiger partial charge in [-0.3, -0.25) is 0 Å². The molecule has 0 amide bonds. The summed E-state index contributed by atoms with van der Waals surface area (Å²) in [5.74, 6) is 0.000677. The summed E-state index contributed by atoms with van der Waals surface area (Å²) >= 11 is 6.04. The van der Waals surface area contributed by atoms with Crippen LogP contribution in [0.25, 0.3) is 16.9 Å². The molecule has 2 aromatic carbocycles. The van der Waals surface area contributed by atoms with Crippen LogP contribution < -0.4 is 5.73 Å². The maximum Gasteiger partial charge on any atom is 0.134 e. The summed E-state index contributed by atoms with van der Waals surface area (Å²) in [6.45, 7) is 0. The van der Waals surface area contributed by atoms with E-state index in [-0.39, 0.29) is 5.56 Å². The normalized spacial score (nSPS) is 10.7. The topological polar surface area (TPSA) is 43.8 Å². The van der Waals surface area contributed by atoms with E-state index in [2.05, 4.69) is 5.10 Å². The quantitative estimate of drug-likeness (QED) is 0.776. The first-order valence-electron chi connectivity index (χ1n) is 6.02. The zero-order valence-electron chi connectivity index (χ0n) is 10.4. The van der Waals surface area contributed by atoms with Crippen molar-refractivity contribution in [2.24, 2.45) is 0 Å². The van der Waals surface area contributed by atoms with Crippen molar-refractivity contribution < 1.29 is 4.39 Å². The standard InChI is InChI=1S/C15H11ClFN3/c16-11-7-4-8-12(17)15(11)13-9-14(18)20(19-13)10-5-2-1-3-6-10/h1-9H,18H2. The number of halogens is 2. The first-order chi connectivity index (χ1) is 9.66. The lowest BCUT2D eigenvalue weighted by Crippen LogP contribution is -2.01. The number of nitrogens with zero attached hydrogens (tertiary/aromatic N) is 2. The van der Waals surface area contributed by atoms with Gasteiger partial charge in [-0.1, -0.05) is 35.9 Å². The predicted molar refractivity (Wildman–Crippen MR) is 78.4 cm³/mol. The van der Waals surface area contributed by atoms with Gasteiger partial charge in [-0.25, -0.2) is 9.07 Å². The van der Waals surface area contributed by atoms with Crippen LogP contribution >= 0.6 is 11.6 Å². The van der Waals surface area contributed by atoms with E-state index in [9.17, 15) is 4.39 Å². The Hall–Kier alpha value is -2.33. The van der Waals surface area contributed by atoms with Gasteiger partial charge in [-0.15, -0.1) is 0 Å². The highest BCUT2D eigenvalue weighted by Crippen LogP contribution is 2.31. The molecule has 1 aromatic heterocycles. The molecule has 3 aromatic rings. The number of nitrogens with two attached hydrogens (primary N) is 1. The Bertz CT molecular complexity index is 733. The van der Waals surface area contributed by atoms with Crippen molar-refractivity contribution in [2.75, 3.05) is 5.73 Å². The van der Waals surface area contributed by atoms with E-state index in [1.807, 2.05) is 30.3 Å². The van der Waals surface area contributed by atoms with Crippen LogP contribution in [0.3, 0.4) is 0 Å². The minimum absolute atomic E-state index is 0.260. The molecule has 0 unspecified atom stereocenters. The second-order valence-corrected chi connectivity index (χ2v) is 4.71. The van der Waals surface area contributed by atoms with Crippen LogP contribution in [-0.4, -0.2) is 9.78 Å². The molecule has 20 heavy (non-hydrogen) atoms. The van der Waals surface area contributed by atoms with Crippen molar-refractivity contribution in [2.45, 2.75) is 0 Å². The van der Waals surface area contributed by atoms with E-state index in [1.165, 1.54) is 6.07 Å². The first-order valence-corrected chi connectivity index (χ1v) is 6.40. The highest BCUT2D eigenvalue weighted by molar-refractivity contribution is 6.33. The fourth-order valence-electron chi connectivity index (χ4n) is 2.04. The van der Waals surface area contributed by atoms with Crippen molar-refractivity contribution in [3.63, 3.8) is 0 Å². The number of aromatic nitrogens is 2. The third kappa shape index (κ3) is 2.14. The lowest BCUT2D eigenvalue weighted by molar-refractivity contribution is 0.630. The Labute approximate surface area is 120 Å². The number of rotatable bonds is 2. The Balaban J connectivity index is 2.15. The van der Waals surface area contributed by atoms with Crippen molar-refractivity contribution in [3.05, 3.63) is 65.4 Å².